The second-order valence-corrected chi connectivity index (χ2v) is 5.43. The van der Waals surface area contributed by atoms with Crippen molar-refractivity contribution in [2.45, 2.75) is 13.0 Å². The number of ether oxygens (including phenoxy) is 1. The van der Waals surface area contributed by atoms with Gasteiger partial charge in [0.05, 0.1) is 29.1 Å². The molecule has 22 heavy (non-hydrogen) atoms. The summed E-state index contributed by atoms with van der Waals surface area (Å²) < 4.78 is 5.28. The molecule has 0 saturated carbocycles. The highest BCUT2D eigenvalue weighted by Gasteiger charge is 2.35. The van der Waals surface area contributed by atoms with E-state index < -0.39 is 0 Å². The second kappa shape index (κ2) is 4.87. The normalized spacial score (nSPS) is 18.0. The third-order valence-corrected chi connectivity index (χ3v) is 4.05. The number of hydrogen-bond acceptors (Lipinski definition) is 3. The molecule has 1 aliphatic rings. The maximum atomic E-state index is 12.2. The van der Waals surface area contributed by atoms with Crippen LogP contribution in [-0.4, -0.2) is 22.7 Å². The number of hydrogen-bond donors (Lipinski definition) is 1. The fourth-order valence-corrected chi connectivity index (χ4v) is 2.97. The Labute approximate surface area is 127 Å². The first-order valence-electron chi connectivity index (χ1n) is 7.19. The van der Waals surface area contributed by atoms with Crippen LogP contribution in [0.1, 0.15) is 17.2 Å². The van der Waals surface area contributed by atoms with E-state index in [1.54, 1.807) is 11.2 Å². The van der Waals surface area contributed by atoms with Gasteiger partial charge in [-0.25, -0.2) is 9.78 Å². The van der Waals surface area contributed by atoms with Crippen molar-refractivity contribution in [1.29, 1.82) is 0 Å². The number of cyclic esters (lactones) is 1. The minimum atomic E-state index is -0.317. The fourth-order valence-electron chi connectivity index (χ4n) is 2.97. The van der Waals surface area contributed by atoms with Crippen molar-refractivity contribution < 1.29 is 9.53 Å². The second-order valence-electron chi connectivity index (χ2n) is 5.43. The number of nitrogens with one attached hydrogen (secondary N) is 1. The Hall–Kier alpha value is -2.82. The van der Waals surface area contributed by atoms with E-state index in [9.17, 15) is 4.79 Å². The smallest absolute Gasteiger partial charge is 0.415 e. The maximum Gasteiger partial charge on any atom is 0.415 e. The summed E-state index contributed by atoms with van der Waals surface area (Å²) in [6, 6.07) is 13.7. The molecule has 0 spiro atoms. The van der Waals surface area contributed by atoms with Gasteiger partial charge in [0.1, 0.15) is 6.61 Å². The molecule has 0 bridgehead atoms. The number of amides is 1. The molecule has 1 saturated heterocycles. The predicted octanol–water partition coefficient (Wildman–Crippen LogP) is 3.57. The summed E-state index contributed by atoms with van der Waals surface area (Å²) >= 11 is 0. The summed E-state index contributed by atoms with van der Waals surface area (Å²) in [5, 5.41) is 0. The number of aromatic amines is 1. The minimum absolute atomic E-state index is 0.107. The highest BCUT2D eigenvalue weighted by Crippen LogP contribution is 2.34. The quantitative estimate of drug-likeness (QED) is 0.785. The molecular formula is C17H15N3O2. The van der Waals surface area contributed by atoms with Crippen LogP contribution in [0.4, 0.5) is 10.5 Å². The van der Waals surface area contributed by atoms with Crippen LogP contribution in [0.3, 0.4) is 0 Å². The lowest BCUT2D eigenvalue weighted by atomic mass is 10.1. The number of H-pyrrole nitrogens is 1. The fraction of sp³-hybridized carbons (Fsp3) is 0.176. The largest absolute Gasteiger partial charge is 0.447 e. The lowest BCUT2D eigenvalue weighted by Crippen LogP contribution is -2.27. The van der Waals surface area contributed by atoms with Crippen LogP contribution < -0.4 is 4.90 Å². The number of rotatable bonds is 2. The van der Waals surface area contributed by atoms with Crippen LogP contribution in [0.25, 0.3) is 11.0 Å². The zero-order chi connectivity index (χ0) is 15.1. The molecule has 0 radical (unpaired) electrons. The summed E-state index contributed by atoms with van der Waals surface area (Å²) in [5.41, 5.74) is 4.77. The van der Waals surface area contributed by atoms with E-state index >= 15 is 0 Å². The monoisotopic (exact) mass is 293 g/mol. The molecule has 1 atom stereocenters. The van der Waals surface area contributed by atoms with Crippen LogP contribution in [0.5, 0.6) is 0 Å². The SMILES string of the molecule is Cc1cc(N2C(=O)OC[C@@H]2c2ccccc2)cc2nc[nH]c12. The molecule has 2 aromatic carbocycles. The molecule has 5 heteroatoms. The Balaban J connectivity index is 1.82. The van der Waals surface area contributed by atoms with Gasteiger partial charge in [-0.15, -0.1) is 0 Å². The molecular weight excluding hydrogens is 278 g/mol. The van der Waals surface area contributed by atoms with Gasteiger partial charge in [0.2, 0.25) is 0 Å². The molecule has 4 rings (SSSR count). The number of imidazole rings is 1. The summed E-state index contributed by atoms with van der Waals surface area (Å²) in [5.74, 6) is 0. The highest BCUT2D eigenvalue weighted by molar-refractivity contribution is 5.94. The predicted molar refractivity (Wildman–Crippen MR) is 83.8 cm³/mol. The number of carbonyl (C=O) groups excluding carboxylic acids is 1. The lowest BCUT2D eigenvalue weighted by molar-refractivity contribution is 0.179. The van der Waals surface area contributed by atoms with Crippen molar-refractivity contribution in [3.05, 3.63) is 59.9 Å². The van der Waals surface area contributed by atoms with Crippen molar-refractivity contribution in [2.24, 2.45) is 0 Å². The van der Waals surface area contributed by atoms with E-state index in [4.69, 9.17) is 4.74 Å². The van der Waals surface area contributed by atoms with Crippen LogP contribution in [0.2, 0.25) is 0 Å². The van der Waals surface area contributed by atoms with Crippen LogP contribution in [0.15, 0.2) is 48.8 Å². The number of aromatic nitrogens is 2. The third-order valence-electron chi connectivity index (χ3n) is 4.05. The standard InChI is InChI=1S/C17H15N3O2/c1-11-7-13(8-14-16(11)19-10-18-14)20-15(9-22-17(20)21)12-5-3-2-4-6-12/h2-8,10,15H,9H2,1H3,(H,18,19)/t15-/m1/s1. The maximum absolute atomic E-state index is 12.2. The van der Waals surface area contributed by atoms with Gasteiger partial charge in [-0.2, -0.15) is 0 Å². The van der Waals surface area contributed by atoms with E-state index in [2.05, 4.69) is 9.97 Å². The third kappa shape index (κ3) is 1.94. The van der Waals surface area contributed by atoms with Crippen LogP contribution >= 0.6 is 0 Å². The molecule has 5 nitrogen and oxygen atoms in total. The summed E-state index contributed by atoms with van der Waals surface area (Å²) in [7, 11) is 0. The zero-order valence-electron chi connectivity index (χ0n) is 12.1. The highest BCUT2D eigenvalue weighted by atomic mass is 16.6. The molecule has 1 N–H and O–H groups in total. The van der Waals surface area contributed by atoms with Crippen LogP contribution in [0, 0.1) is 6.92 Å². The summed E-state index contributed by atoms with van der Waals surface area (Å²) in [4.78, 5) is 21.3. The number of anilines is 1. The first-order valence-corrected chi connectivity index (χ1v) is 7.19. The van der Waals surface area contributed by atoms with Gasteiger partial charge in [-0.05, 0) is 30.2 Å². The Morgan fingerprint density at radius 3 is 2.91 bits per heavy atom. The van der Waals surface area contributed by atoms with Crippen molar-refractivity contribution in [2.75, 3.05) is 11.5 Å². The van der Waals surface area contributed by atoms with Gasteiger partial charge in [0.15, 0.2) is 0 Å². The topological polar surface area (TPSA) is 58.2 Å². The Kier molecular flexibility index (Phi) is 2.85. The zero-order valence-corrected chi connectivity index (χ0v) is 12.1. The first-order chi connectivity index (χ1) is 10.7. The molecule has 0 unspecified atom stereocenters. The summed E-state index contributed by atoms with van der Waals surface area (Å²) in [6.07, 6.45) is 1.35. The van der Waals surface area contributed by atoms with Gasteiger partial charge < -0.3 is 9.72 Å². The number of carbonyl (C=O) groups is 1. The van der Waals surface area contributed by atoms with E-state index in [0.717, 1.165) is 27.8 Å². The van der Waals surface area contributed by atoms with E-state index in [1.807, 2.05) is 49.4 Å². The minimum Gasteiger partial charge on any atom is -0.447 e. The van der Waals surface area contributed by atoms with Crippen molar-refractivity contribution >= 4 is 22.8 Å². The van der Waals surface area contributed by atoms with Gasteiger partial charge in [0, 0.05) is 0 Å². The first kappa shape index (κ1) is 12.9. The average molecular weight is 293 g/mol. The van der Waals surface area contributed by atoms with E-state index in [0.29, 0.717) is 6.61 Å². The number of aryl methyl sites for hydroxylation is 1. The van der Waals surface area contributed by atoms with Crippen molar-refractivity contribution in [3.8, 4) is 0 Å². The van der Waals surface area contributed by atoms with Gasteiger partial charge >= 0.3 is 6.09 Å². The van der Waals surface area contributed by atoms with Crippen LogP contribution in [-0.2, 0) is 4.74 Å². The van der Waals surface area contributed by atoms with Crippen molar-refractivity contribution in [1.82, 2.24) is 9.97 Å². The Morgan fingerprint density at radius 2 is 2.09 bits per heavy atom. The average Bonchev–Trinajstić information content (AvgIpc) is 3.14. The Bertz CT molecular complexity index is 841. The molecule has 110 valence electrons. The molecule has 3 aromatic rings. The molecule has 1 aliphatic heterocycles. The van der Waals surface area contributed by atoms with E-state index in [-0.39, 0.29) is 12.1 Å². The number of nitrogens with zero attached hydrogens (tertiary/aromatic N) is 2. The van der Waals surface area contributed by atoms with Gasteiger partial charge in [-0.1, -0.05) is 30.3 Å². The van der Waals surface area contributed by atoms with Crippen molar-refractivity contribution in [3.63, 3.8) is 0 Å². The van der Waals surface area contributed by atoms with Gasteiger partial charge in [0.25, 0.3) is 0 Å². The summed E-state index contributed by atoms with van der Waals surface area (Å²) in [6.45, 7) is 2.36. The molecule has 0 aliphatic carbocycles. The lowest BCUT2D eigenvalue weighted by Gasteiger charge is -2.22. The molecule has 1 aromatic heterocycles. The molecule has 2 heterocycles. The van der Waals surface area contributed by atoms with Gasteiger partial charge in [-0.3, -0.25) is 4.90 Å². The molecule has 1 fully saturated rings. The van der Waals surface area contributed by atoms with E-state index in [1.165, 1.54) is 0 Å². The number of fused-ring (bicyclic) bond motifs is 1. The Morgan fingerprint density at radius 1 is 1.27 bits per heavy atom. The number of benzene rings is 2. The molecule has 1 amide bonds.